The first-order chi connectivity index (χ1) is 10.5. The fourth-order valence-electron chi connectivity index (χ4n) is 2.77. The van der Waals surface area contributed by atoms with Gasteiger partial charge in [0.25, 0.3) is 0 Å². The van der Waals surface area contributed by atoms with Gasteiger partial charge in [-0.25, -0.2) is 4.39 Å². The molecule has 1 aliphatic heterocycles. The summed E-state index contributed by atoms with van der Waals surface area (Å²) in [5.41, 5.74) is 5.98. The molecule has 1 aromatic rings. The number of piperidine rings is 1. The van der Waals surface area contributed by atoms with Gasteiger partial charge in [-0.15, -0.1) is 24.2 Å². The molecule has 1 aliphatic rings. The van der Waals surface area contributed by atoms with Gasteiger partial charge >= 0.3 is 0 Å². The smallest absolute Gasteiger partial charge is 0.226 e. The number of benzene rings is 1. The van der Waals surface area contributed by atoms with Crippen molar-refractivity contribution in [1.29, 1.82) is 0 Å². The molecule has 1 amide bonds. The Labute approximate surface area is 148 Å². The fourth-order valence-corrected chi connectivity index (χ4v) is 3.69. The molecule has 6 heteroatoms. The number of likely N-dealkylation sites (tertiary alicyclic amines) is 1. The highest BCUT2D eigenvalue weighted by molar-refractivity contribution is 7.99. The quantitative estimate of drug-likeness (QED) is 0.816. The molecule has 1 heterocycles. The van der Waals surface area contributed by atoms with Crippen molar-refractivity contribution in [2.24, 2.45) is 17.6 Å². The number of nitrogens with two attached hydrogens (primary N) is 1. The van der Waals surface area contributed by atoms with Gasteiger partial charge in [0.1, 0.15) is 5.82 Å². The van der Waals surface area contributed by atoms with Gasteiger partial charge in [0.2, 0.25) is 5.91 Å². The molecule has 23 heavy (non-hydrogen) atoms. The topological polar surface area (TPSA) is 46.3 Å². The molecule has 3 atom stereocenters. The second-order valence-electron chi connectivity index (χ2n) is 6.21. The molecule has 2 rings (SSSR count). The minimum atomic E-state index is -0.233. The number of carbonyl (C=O) groups excluding carboxylic acids is 1. The van der Waals surface area contributed by atoms with E-state index in [9.17, 15) is 9.18 Å². The third-order valence-corrected chi connectivity index (χ3v) is 5.52. The molecule has 2 N–H and O–H groups in total. The number of halogens is 2. The highest BCUT2D eigenvalue weighted by Crippen LogP contribution is 2.24. The summed E-state index contributed by atoms with van der Waals surface area (Å²) in [4.78, 5) is 15.5. The van der Waals surface area contributed by atoms with Crippen molar-refractivity contribution in [3.05, 3.63) is 30.1 Å². The third kappa shape index (κ3) is 5.98. The monoisotopic (exact) mass is 360 g/mol. The summed E-state index contributed by atoms with van der Waals surface area (Å²) in [6, 6.07) is 6.55. The summed E-state index contributed by atoms with van der Waals surface area (Å²) in [7, 11) is 0. The Balaban J connectivity index is 0.00000264. The van der Waals surface area contributed by atoms with Gasteiger partial charge in [-0.05, 0) is 49.9 Å². The van der Waals surface area contributed by atoms with Crippen LogP contribution in [0, 0.1) is 17.7 Å². The molecule has 0 radical (unpaired) electrons. The van der Waals surface area contributed by atoms with Crippen molar-refractivity contribution < 1.29 is 9.18 Å². The summed E-state index contributed by atoms with van der Waals surface area (Å²) in [5, 5.41) is 0. The Kier molecular flexibility index (Phi) is 8.37. The minimum Gasteiger partial charge on any atom is -0.342 e. The number of amides is 1. The third-order valence-electron chi connectivity index (χ3n) is 4.25. The maximum Gasteiger partial charge on any atom is 0.226 e. The van der Waals surface area contributed by atoms with E-state index in [-0.39, 0.29) is 36.1 Å². The maximum absolute atomic E-state index is 12.9. The Bertz CT molecular complexity index is 498. The van der Waals surface area contributed by atoms with Crippen LogP contribution in [0.3, 0.4) is 0 Å². The molecule has 0 aromatic heterocycles. The predicted molar refractivity (Wildman–Crippen MR) is 96.5 cm³/mol. The number of nitrogens with zero attached hydrogens (tertiary/aromatic N) is 1. The van der Waals surface area contributed by atoms with E-state index in [1.54, 1.807) is 23.9 Å². The highest BCUT2D eigenvalue weighted by atomic mass is 35.5. The zero-order chi connectivity index (χ0) is 16.1. The van der Waals surface area contributed by atoms with Crippen molar-refractivity contribution in [3.8, 4) is 0 Å². The summed E-state index contributed by atoms with van der Waals surface area (Å²) in [6.07, 6.45) is 2.15. The van der Waals surface area contributed by atoms with E-state index in [0.29, 0.717) is 11.7 Å². The number of thioether (sulfide) groups is 1. The first-order valence-electron chi connectivity index (χ1n) is 7.90. The lowest BCUT2D eigenvalue weighted by Gasteiger charge is -2.36. The van der Waals surface area contributed by atoms with Crippen LogP contribution in [0.4, 0.5) is 4.39 Å². The normalized spacial score (nSPS) is 20.5. The predicted octanol–water partition coefficient (Wildman–Crippen LogP) is 3.56. The lowest BCUT2D eigenvalue weighted by atomic mass is 9.91. The molecule has 3 unspecified atom stereocenters. The van der Waals surface area contributed by atoms with Gasteiger partial charge in [-0.2, -0.15) is 0 Å². The van der Waals surface area contributed by atoms with Crippen LogP contribution in [0.25, 0.3) is 0 Å². The summed E-state index contributed by atoms with van der Waals surface area (Å²) in [5.74, 6) is 1.06. The van der Waals surface area contributed by atoms with E-state index in [1.165, 1.54) is 12.1 Å². The number of rotatable bonds is 5. The molecule has 1 saturated heterocycles. The van der Waals surface area contributed by atoms with E-state index in [0.717, 1.165) is 30.8 Å². The number of hydrogen-bond donors (Lipinski definition) is 1. The van der Waals surface area contributed by atoms with Gasteiger partial charge in [0, 0.05) is 35.7 Å². The maximum atomic E-state index is 12.9. The van der Waals surface area contributed by atoms with Gasteiger partial charge in [0.05, 0.1) is 0 Å². The van der Waals surface area contributed by atoms with Crippen LogP contribution in [-0.4, -0.2) is 35.7 Å². The van der Waals surface area contributed by atoms with Crippen LogP contribution in [-0.2, 0) is 4.79 Å². The summed E-state index contributed by atoms with van der Waals surface area (Å²) >= 11 is 1.60. The molecule has 0 aliphatic carbocycles. The van der Waals surface area contributed by atoms with E-state index < -0.39 is 0 Å². The Morgan fingerprint density at radius 3 is 2.65 bits per heavy atom. The van der Waals surface area contributed by atoms with E-state index >= 15 is 0 Å². The van der Waals surface area contributed by atoms with Gasteiger partial charge < -0.3 is 10.6 Å². The average Bonchev–Trinajstić information content (AvgIpc) is 2.53. The first kappa shape index (κ1) is 20.3. The largest absolute Gasteiger partial charge is 0.342 e. The van der Waals surface area contributed by atoms with Crippen LogP contribution < -0.4 is 5.73 Å². The lowest BCUT2D eigenvalue weighted by molar-refractivity contribution is -0.136. The van der Waals surface area contributed by atoms with Gasteiger partial charge in [-0.1, -0.05) is 6.92 Å². The van der Waals surface area contributed by atoms with Crippen molar-refractivity contribution in [1.82, 2.24) is 4.90 Å². The Morgan fingerprint density at radius 2 is 2.04 bits per heavy atom. The van der Waals surface area contributed by atoms with Crippen LogP contribution in [0.1, 0.15) is 26.7 Å². The zero-order valence-corrected chi connectivity index (χ0v) is 15.3. The second-order valence-corrected chi connectivity index (χ2v) is 7.31. The first-order valence-corrected chi connectivity index (χ1v) is 8.88. The second kappa shape index (κ2) is 9.50. The molecule has 3 nitrogen and oxygen atoms in total. The Morgan fingerprint density at radius 1 is 1.39 bits per heavy atom. The van der Waals surface area contributed by atoms with E-state index in [1.807, 2.05) is 18.7 Å². The molecule has 1 aromatic carbocycles. The fraction of sp³-hybridized carbons (Fsp3) is 0.588. The summed E-state index contributed by atoms with van der Waals surface area (Å²) < 4.78 is 12.9. The van der Waals surface area contributed by atoms with Crippen molar-refractivity contribution in [2.75, 3.05) is 18.8 Å². The van der Waals surface area contributed by atoms with E-state index in [2.05, 4.69) is 0 Å². The van der Waals surface area contributed by atoms with Crippen LogP contribution in [0.5, 0.6) is 0 Å². The number of carbonyl (C=O) groups is 1. The lowest BCUT2D eigenvalue weighted by Crippen LogP contribution is -2.47. The molecule has 0 bridgehead atoms. The van der Waals surface area contributed by atoms with Crippen molar-refractivity contribution in [2.45, 2.75) is 37.6 Å². The van der Waals surface area contributed by atoms with E-state index in [4.69, 9.17) is 5.73 Å². The molecule has 130 valence electrons. The van der Waals surface area contributed by atoms with Crippen LogP contribution in [0.15, 0.2) is 29.2 Å². The summed E-state index contributed by atoms with van der Waals surface area (Å²) in [6.45, 7) is 5.61. The minimum absolute atomic E-state index is 0. The van der Waals surface area contributed by atoms with Crippen LogP contribution in [0.2, 0.25) is 0 Å². The van der Waals surface area contributed by atoms with Gasteiger partial charge in [0.15, 0.2) is 0 Å². The standard InChI is InChI=1S/C17H25FN2OS.ClH/c1-12(11-22-16-7-5-15(18)6-8-16)17(21)20-9-3-4-14(10-20)13(2)19;/h5-8,12-14H,3-4,9-11,19H2,1-2H3;1H. The van der Waals surface area contributed by atoms with Crippen LogP contribution >= 0.6 is 24.2 Å². The number of hydrogen-bond acceptors (Lipinski definition) is 3. The van der Waals surface area contributed by atoms with Crippen molar-refractivity contribution >= 4 is 30.1 Å². The molecular formula is C17H26ClFN2OS. The Hall–Kier alpha value is -0.780. The molecule has 1 fully saturated rings. The zero-order valence-electron chi connectivity index (χ0n) is 13.7. The SMILES string of the molecule is CC(CSc1ccc(F)cc1)C(=O)N1CCCC(C(C)N)C1.Cl. The molecular weight excluding hydrogens is 335 g/mol. The average molecular weight is 361 g/mol. The molecule has 0 saturated carbocycles. The van der Waals surface area contributed by atoms with Crippen molar-refractivity contribution in [3.63, 3.8) is 0 Å². The molecule has 0 spiro atoms. The van der Waals surface area contributed by atoms with Gasteiger partial charge in [-0.3, -0.25) is 4.79 Å². The highest BCUT2D eigenvalue weighted by Gasteiger charge is 2.28.